The Morgan fingerprint density at radius 3 is 2.39 bits per heavy atom. The van der Waals surface area contributed by atoms with Crippen molar-refractivity contribution in [3.63, 3.8) is 0 Å². The highest BCUT2D eigenvalue weighted by molar-refractivity contribution is 6.01. The molecule has 1 unspecified atom stereocenters. The lowest BCUT2D eigenvalue weighted by Gasteiger charge is -2.19. The lowest BCUT2D eigenvalue weighted by Crippen LogP contribution is -2.41. The van der Waals surface area contributed by atoms with Crippen LogP contribution in [0.5, 0.6) is 0 Å². The number of hydrogen-bond donors (Lipinski definition) is 3. The number of nitrogens with zero attached hydrogens (tertiary/aromatic N) is 1. The number of nitrogens with one attached hydrogen (secondary N) is 2. The van der Waals surface area contributed by atoms with Gasteiger partial charge in [-0.25, -0.2) is 0 Å². The molecular formula is C20H26Cl2N4O2. The van der Waals surface area contributed by atoms with E-state index >= 15 is 0 Å². The number of rotatable bonds is 5. The summed E-state index contributed by atoms with van der Waals surface area (Å²) in [5.74, 6) is -0.591. The predicted molar refractivity (Wildman–Crippen MR) is 119 cm³/mol. The van der Waals surface area contributed by atoms with E-state index in [1.165, 1.54) is 12.8 Å². The highest BCUT2D eigenvalue weighted by atomic mass is 35.5. The van der Waals surface area contributed by atoms with Crippen LogP contribution in [0.3, 0.4) is 0 Å². The first-order valence-corrected chi connectivity index (χ1v) is 8.85. The zero-order valence-corrected chi connectivity index (χ0v) is 17.3. The van der Waals surface area contributed by atoms with E-state index in [0.717, 1.165) is 24.5 Å². The van der Waals surface area contributed by atoms with Crippen LogP contribution in [0.25, 0.3) is 0 Å². The minimum atomic E-state index is -0.667. The molecular weight excluding hydrogens is 399 g/mol. The van der Waals surface area contributed by atoms with Crippen molar-refractivity contribution in [2.24, 2.45) is 0 Å². The molecule has 3 rings (SSSR count). The maximum absolute atomic E-state index is 12.4. The largest absolute Gasteiger partial charge is 0.399 e. The first-order valence-electron chi connectivity index (χ1n) is 8.85. The Balaban J connectivity index is 0.00000196. The molecule has 1 saturated heterocycles. The highest BCUT2D eigenvalue weighted by Crippen LogP contribution is 2.23. The SMILES string of the molecule is CC(NC(=O)c1cccc(N)c1)C(=O)Nc1cccc(N2CCCC2)c1.Cl.Cl. The molecule has 28 heavy (non-hydrogen) atoms. The second kappa shape index (κ2) is 10.8. The molecule has 2 amide bonds. The maximum atomic E-state index is 12.4. The van der Waals surface area contributed by atoms with Crippen LogP contribution in [0.4, 0.5) is 17.1 Å². The molecule has 1 fully saturated rings. The van der Waals surface area contributed by atoms with Gasteiger partial charge in [0, 0.05) is 35.7 Å². The molecule has 4 N–H and O–H groups in total. The van der Waals surface area contributed by atoms with Crippen molar-refractivity contribution in [1.29, 1.82) is 0 Å². The van der Waals surface area contributed by atoms with E-state index < -0.39 is 6.04 Å². The normalized spacial score (nSPS) is 13.7. The molecule has 0 spiro atoms. The number of carbonyl (C=O) groups is 2. The topological polar surface area (TPSA) is 87.5 Å². The van der Waals surface area contributed by atoms with Crippen LogP contribution in [0, 0.1) is 0 Å². The standard InChI is InChI=1S/C20H24N4O2.2ClH/c1-14(22-20(26)15-6-4-7-16(21)12-15)19(25)23-17-8-5-9-18(13-17)24-10-2-3-11-24;;/h4-9,12-14H,2-3,10-11,21H2,1H3,(H,22,26)(H,23,25);2*1H. The zero-order chi connectivity index (χ0) is 18.5. The number of carbonyl (C=O) groups excluding carboxylic acids is 2. The third-order valence-corrected chi connectivity index (χ3v) is 4.47. The Morgan fingerprint density at radius 1 is 1.04 bits per heavy atom. The van der Waals surface area contributed by atoms with Gasteiger partial charge in [0.1, 0.15) is 6.04 Å². The Kier molecular flexibility index (Phi) is 9.09. The third kappa shape index (κ3) is 6.04. The molecule has 1 heterocycles. The van der Waals surface area contributed by atoms with Crippen LogP contribution >= 0.6 is 24.8 Å². The molecule has 6 nitrogen and oxygen atoms in total. The van der Waals surface area contributed by atoms with Gasteiger partial charge in [-0.15, -0.1) is 24.8 Å². The maximum Gasteiger partial charge on any atom is 0.251 e. The summed E-state index contributed by atoms with van der Waals surface area (Å²) in [4.78, 5) is 27.0. The number of halogens is 2. The van der Waals surface area contributed by atoms with Crippen LogP contribution in [0.1, 0.15) is 30.1 Å². The average molecular weight is 425 g/mol. The van der Waals surface area contributed by atoms with Crippen molar-refractivity contribution in [2.75, 3.05) is 29.0 Å². The van der Waals surface area contributed by atoms with Gasteiger partial charge in [0.05, 0.1) is 0 Å². The van der Waals surface area contributed by atoms with Crippen LogP contribution < -0.4 is 21.3 Å². The molecule has 2 aromatic carbocycles. The monoisotopic (exact) mass is 424 g/mol. The molecule has 1 aliphatic rings. The van der Waals surface area contributed by atoms with Crippen molar-refractivity contribution >= 4 is 53.7 Å². The lowest BCUT2D eigenvalue weighted by molar-refractivity contribution is -0.117. The number of benzene rings is 2. The molecule has 0 aromatic heterocycles. The minimum absolute atomic E-state index is 0. The zero-order valence-electron chi connectivity index (χ0n) is 15.7. The van der Waals surface area contributed by atoms with Gasteiger partial charge in [0.25, 0.3) is 5.91 Å². The number of nitrogen functional groups attached to an aromatic ring is 1. The van der Waals surface area contributed by atoms with Crippen molar-refractivity contribution in [1.82, 2.24) is 5.32 Å². The fourth-order valence-electron chi connectivity index (χ4n) is 3.03. The summed E-state index contributed by atoms with van der Waals surface area (Å²) in [6.07, 6.45) is 2.40. The lowest BCUT2D eigenvalue weighted by atomic mass is 10.1. The summed E-state index contributed by atoms with van der Waals surface area (Å²) in [6, 6.07) is 13.8. The van der Waals surface area contributed by atoms with E-state index in [4.69, 9.17) is 5.73 Å². The van der Waals surface area contributed by atoms with Gasteiger partial charge in [-0.05, 0) is 56.2 Å². The van der Waals surface area contributed by atoms with Crippen LogP contribution in [0.2, 0.25) is 0 Å². The van der Waals surface area contributed by atoms with Crippen molar-refractivity contribution < 1.29 is 9.59 Å². The van der Waals surface area contributed by atoms with Crippen LogP contribution in [0.15, 0.2) is 48.5 Å². The average Bonchev–Trinajstić information content (AvgIpc) is 3.16. The number of hydrogen-bond acceptors (Lipinski definition) is 4. The number of amides is 2. The van der Waals surface area contributed by atoms with E-state index in [1.54, 1.807) is 31.2 Å². The summed E-state index contributed by atoms with van der Waals surface area (Å²) >= 11 is 0. The number of nitrogens with two attached hydrogens (primary N) is 1. The fourth-order valence-corrected chi connectivity index (χ4v) is 3.03. The summed E-state index contributed by atoms with van der Waals surface area (Å²) < 4.78 is 0. The third-order valence-electron chi connectivity index (χ3n) is 4.47. The van der Waals surface area contributed by atoms with Crippen molar-refractivity contribution in [3.8, 4) is 0 Å². The van der Waals surface area contributed by atoms with Crippen LogP contribution in [-0.2, 0) is 4.79 Å². The van der Waals surface area contributed by atoms with Gasteiger partial charge >= 0.3 is 0 Å². The van der Waals surface area contributed by atoms with Gasteiger partial charge in [-0.2, -0.15) is 0 Å². The predicted octanol–water partition coefficient (Wildman–Crippen LogP) is 3.47. The first kappa shape index (κ1) is 23.6. The fraction of sp³-hybridized carbons (Fsp3) is 0.300. The van der Waals surface area contributed by atoms with E-state index in [9.17, 15) is 9.59 Å². The second-order valence-electron chi connectivity index (χ2n) is 6.55. The summed E-state index contributed by atoms with van der Waals surface area (Å²) in [6.45, 7) is 3.75. The molecule has 0 saturated carbocycles. The molecule has 0 radical (unpaired) electrons. The smallest absolute Gasteiger partial charge is 0.251 e. The van der Waals surface area contributed by atoms with E-state index in [0.29, 0.717) is 11.3 Å². The van der Waals surface area contributed by atoms with Gasteiger partial charge in [-0.1, -0.05) is 12.1 Å². The Labute approximate surface area is 177 Å². The molecule has 0 aliphatic carbocycles. The van der Waals surface area contributed by atoms with Crippen molar-refractivity contribution in [3.05, 3.63) is 54.1 Å². The summed E-state index contributed by atoms with van der Waals surface area (Å²) in [7, 11) is 0. The van der Waals surface area contributed by atoms with E-state index in [1.807, 2.05) is 24.3 Å². The van der Waals surface area contributed by atoms with Gasteiger partial charge in [0.15, 0.2) is 0 Å². The van der Waals surface area contributed by atoms with Gasteiger partial charge in [0.2, 0.25) is 5.91 Å². The highest BCUT2D eigenvalue weighted by Gasteiger charge is 2.18. The first-order chi connectivity index (χ1) is 12.5. The molecule has 152 valence electrons. The number of anilines is 3. The molecule has 8 heteroatoms. The molecule has 1 aliphatic heterocycles. The Morgan fingerprint density at radius 2 is 1.71 bits per heavy atom. The molecule has 0 bridgehead atoms. The summed E-state index contributed by atoms with van der Waals surface area (Å²) in [5, 5.41) is 5.56. The molecule has 1 atom stereocenters. The summed E-state index contributed by atoms with van der Waals surface area (Å²) in [5.41, 5.74) is 8.47. The van der Waals surface area contributed by atoms with E-state index in [2.05, 4.69) is 15.5 Å². The molecule has 2 aromatic rings. The Bertz CT molecular complexity index is 810. The van der Waals surface area contributed by atoms with Gasteiger partial charge in [-0.3, -0.25) is 9.59 Å². The second-order valence-corrected chi connectivity index (χ2v) is 6.55. The van der Waals surface area contributed by atoms with Crippen LogP contribution in [-0.4, -0.2) is 30.9 Å². The van der Waals surface area contributed by atoms with Gasteiger partial charge < -0.3 is 21.3 Å². The minimum Gasteiger partial charge on any atom is -0.399 e. The Hall–Kier alpha value is -2.44. The quantitative estimate of drug-likeness (QED) is 0.641. The van der Waals surface area contributed by atoms with E-state index in [-0.39, 0.29) is 36.6 Å². The van der Waals surface area contributed by atoms with Crippen molar-refractivity contribution in [2.45, 2.75) is 25.8 Å².